The molecule has 1 aromatic heterocycles. The second-order valence-electron chi connectivity index (χ2n) is 11.6. The minimum absolute atomic E-state index is 0. The average molecular weight is 698 g/mol. The molecule has 1 fully saturated rings. The Kier molecular flexibility index (Phi) is 12.7. The monoisotopic (exact) mass is 696 g/mol. The molecule has 7 nitrogen and oxygen atoms in total. The van der Waals surface area contributed by atoms with Crippen molar-refractivity contribution in [3.05, 3.63) is 135 Å². The summed E-state index contributed by atoms with van der Waals surface area (Å²) in [5.41, 5.74) is 4.39. The molecule has 5 aromatic rings. The molecule has 1 saturated heterocycles. The summed E-state index contributed by atoms with van der Waals surface area (Å²) < 4.78 is 17.5. The second-order valence-corrected chi connectivity index (χ2v) is 12.0. The van der Waals surface area contributed by atoms with Gasteiger partial charge in [0.2, 0.25) is 11.2 Å². The number of piperazine rings is 1. The summed E-state index contributed by atoms with van der Waals surface area (Å²) in [5, 5.41) is 11.9. The lowest BCUT2D eigenvalue weighted by Crippen LogP contribution is -2.50. The van der Waals surface area contributed by atoms with Crippen LogP contribution in [0.2, 0.25) is 5.02 Å². The van der Waals surface area contributed by atoms with Gasteiger partial charge in [0, 0.05) is 43.8 Å². The van der Waals surface area contributed by atoms with Crippen LogP contribution >= 0.6 is 36.4 Å². The number of nitrogens with zero attached hydrogens (tertiary/aromatic N) is 2. The van der Waals surface area contributed by atoms with Gasteiger partial charge in [-0.15, -0.1) is 24.8 Å². The fraction of sp³-hybridized carbons (Fsp3) is 0.270. The summed E-state index contributed by atoms with van der Waals surface area (Å²) in [4.78, 5) is 17.9. The molecular weight excluding hydrogens is 659 g/mol. The quantitative estimate of drug-likeness (QED) is 0.159. The Morgan fingerprint density at radius 1 is 0.830 bits per heavy atom. The van der Waals surface area contributed by atoms with Crippen LogP contribution in [0.3, 0.4) is 0 Å². The van der Waals surface area contributed by atoms with Crippen molar-refractivity contribution in [2.24, 2.45) is 0 Å². The van der Waals surface area contributed by atoms with Crippen LogP contribution < -0.4 is 14.9 Å². The van der Waals surface area contributed by atoms with E-state index in [1.54, 1.807) is 30.3 Å². The minimum Gasteiger partial charge on any atom is -0.491 e. The Bertz CT molecular complexity index is 1750. The standard InChI is InChI=1S/C37H37ClN2O5.2ClH/c1-25-19-31(20-26(2)35(25)38)45-34-24-44-33-21-30(13-14-32(33)37(34)42)43-23-29(41)22-39-15-17-40(18-16-39)36(27-9-5-3-6-10-27)28-11-7-4-8-12-28;;/h3-14,19-21,24,29,36,41H,15-18,22-23H2,1-2H3;2*1H. The highest BCUT2D eigenvalue weighted by Crippen LogP contribution is 2.31. The number of halogens is 3. The summed E-state index contributed by atoms with van der Waals surface area (Å²) in [6, 6.07) is 30.0. The average Bonchev–Trinajstić information content (AvgIpc) is 3.06. The number of fused-ring (bicyclic) bond motifs is 1. The van der Waals surface area contributed by atoms with Crippen LogP contribution in [0.5, 0.6) is 17.2 Å². The smallest absolute Gasteiger partial charge is 0.235 e. The van der Waals surface area contributed by atoms with E-state index in [9.17, 15) is 9.90 Å². The van der Waals surface area contributed by atoms with Crippen LogP contribution in [-0.2, 0) is 0 Å². The number of benzene rings is 4. The van der Waals surface area contributed by atoms with E-state index in [1.807, 2.05) is 13.8 Å². The number of β-amino-alcohol motifs (C(OH)–C–C–N with tert-alkyl or cyclic N) is 1. The maximum absolute atomic E-state index is 13.1. The molecule has 1 unspecified atom stereocenters. The first-order valence-corrected chi connectivity index (χ1v) is 15.6. The number of rotatable bonds is 10. The van der Waals surface area contributed by atoms with Crippen LogP contribution in [-0.4, -0.2) is 60.3 Å². The van der Waals surface area contributed by atoms with Crippen molar-refractivity contribution in [3.8, 4) is 17.2 Å². The fourth-order valence-electron chi connectivity index (χ4n) is 5.98. The van der Waals surface area contributed by atoms with Crippen LogP contribution in [0, 0.1) is 13.8 Å². The molecule has 0 aliphatic carbocycles. The SMILES string of the molecule is Cc1cc(Oc2coc3cc(OCC(O)CN4CCN(C(c5ccccc5)c5ccccc5)CC4)ccc3c2=O)cc(C)c1Cl.Cl.Cl. The Balaban J connectivity index is 0.00000250. The molecule has 4 aromatic carbocycles. The zero-order valence-electron chi connectivity index (χ0n) is 26.3. The maximum atomic E-state index is 13.1. The first-order chi connectivity index (χ1) is 21.9. The predicted octanol–water partition coefficient (Wildman–Crippen LogP) is 7.85. The van der Waals surface area contributed by atoms with Gasteiger partial charge in [-0.2, -0.15) is 0 Å². The van der Waals surface area contributed by atoms with Gasteiger partial charge in [0.1, 0.15) is 36.1 Å². The summed E-state index contributed by atoms with van der Waals surface area (Å²) in [6.07, 6.45) is 0.642. The van der Waals surface area contributed by atoms with Gasteiger partial charge in [-0.25, -0.2) is 0 Å². The van der Waals surface area contributed by atoms with E-state index >= 15 is 0 Å². The molecule has 1 aliphatic rings. The summed E-state index contributed by atoms with van der Waals surface area (Å²) in [7, 11) is 0. The lowest BCUT2D eigenvalue weighted by atomic mass is 9.96. The molecule has 248 valence electrons. The van der Waals surface area contributed by atoms with E-state index in [0.717, 1.165) is 37.3 Å². The number of hydrogen-bond acceptors (Lipinski definition) is 7. The van der Waals surface area contributed by atoms with Crippen molar-refractivity contribution in [2.45, 2.75) is 26.0 Å². The zero-order valence-corrected chi connectivity index (χ0v) is 28.7. The van der Waals surface area contributed by atoms with Gasteiger partial charge in [-0.05, 0) is 60.4 Å². The first kappa shape index (κ1) is 36.3. The lowest BCUT2D eigenvalue weighted by molar-refractivity contribution is 0.0401. The van der Waals surface area contributed by atoms with E-state index in [0.29, 0.717) is 34.0 Å². The van der Waals surface area contributed by atoms with Crippen LogP contribution in [0.25, 0.3) is 11.0 Å². The molecule has 1 atom stereocenters. The number of aryl methyl sites for hydroxylation is 2. The van der Waals surface area contributed by atoms with E-state index in [-0.39, 0.29) is 48.6 Å². The van der Waals surface area contributed by atoms with E-state index in [2.05, 4.69) is 70.5 Å². The highest BCUT2D eigenvalue weighted by atomic mass is 35.5. The van der Waals surface area contributed by atoms with Crippen LogP contribution in [0.1, 0.15) is 28.3 Å². The molecule has 0 radical (unpaired) electrons. The maximum Gasteiger partial charge on any atom is 0.235 e. The molecule has 1 aliphatic heterocycles. The second kappa shape index (κ2) is 16.5. The minimum atomic E-state index is -0.666. The molecule has 10 heteroatoms. The molecule has 0 saturated carbocycles. The predicted molar refractivity (Wildman–Crippen MR) is 192 cm³/mol. The van der Waals surface area contributed by atoms with E-state index < -0.39 is 6.10 Å². The van der Waals surface area contributed by atoms with Crippen molar-refractivity contribution in [1.82, 2.24) is 9.80 Å². The third-order valence-corrected chi connectivity index (χ3v) is 8.86. The highest BCUT2D eigenvalue weighted by molar-refractivity contribution is 6.32. The number of aliphatic hydroxyl groups excluding tert-OH is 1. The molecule has 0 amide bonds. The normalized spacial score (nSPS) is 14.3. The molecule has 2 heterocycles. The molecule has 0 bridgehead atoms. The molecular formula is C37H39Cl3N2O5. The van der Waals surface area contributed by atoms with Crippen molar-refractivity contribution in [2.75, 3.05) is 39.3 Å². The summed E-state index contributed by atoms with van der Waals surface area (Å²) >= 11 is 6.26. The molecule has 0 spiro atoms. The Labute approximate surface area is 292 Å². The van der Waals surface area contributed by atoms with Gasteiger partial charge in [0.05, 0.1) is 11.4 Å². The molecule has 47 heavy (non-hydrogen) atoms. The highest BCUT2D eigenvalue weighted by Gasteiger charge is 2.27. The summed E-state index contributed by atoms with van der Waals surface area (Å²) in [5.74, 6) is 1.12. The van der Waals surface area contributed by atoms with Gasteiger partial charge in [-0.3, -0.25) is 14.6 Å². The summed E-state index contributed by atoms with van der Waals surface area (Å²) in [6.45, 7) is 7.92. The van der Waals surface area contributed by atoms with Gasteiger partial charge in [0.15, 0.2) is 0 Å². The number of hydrogen-bond donors (Lipinski definition) is 1. The van der Waals surface area contributed by atoms with Crippen molar-refractivity contribution in [1.29, 1.82) is 0 Å². The first-order valence-electron chi connectivity index (χ1n) is 15.2. The zero-order chi connectivity index (χ0) is 31.3. The van der Waals surface area contributed by atoms with E-state index in [1.165, 1.54) is 17.4 Å². The Morgan fingerprint density at radius 2 is 1.43 bits per heavy atom. The fourth-order valence-corrected chi connectivity index (χ4v) is 6.08. The number of aliphatic hydroxyl groups is 1. The largest absolute Gasteiger partial charge is 0.491 e. The Hall–Kier alpha value is -3.56. The van der Waals surface area contributed by atoms with Crippen LogP contribution in [0.15, 0.2) is 106 Å². The van der Waals surface area contributed by atoms with E-state index in [4.69, 9.17) is 25.5 Å². The van der Waals surface area contributed by atoms with Crippen molar-refractivity contribution in [3.63, 3.8) is 0 Å². The van der Waals surface area contributed by atoms with Gasteiger partial charge >= 0.3 is 0 Å². The Morgan fingerprint density at radius 3 is 2.02 bits per heavy atom. The van der Waals surface area contributed by atoms with Gasteiger partial charge < -0.3 is 19.0 Å². The van der Waals surface area contributed by atoms with Gasteiger partial charge in [-0.1, -0.05) is 72.3 Å². The number of ether oxygens (including phenoxy) is 2. The third kappa shape index (κ3) is 8.68. The van der Waals surface area contributed by atoms with Crippen molar-refractivity contribution < 1.29 is 19.0 Å². The van der Waals surface area contributed by atoms with Crippen molar-refractivity contribution >= 4 is 47.4 Å². The van der Waals surface area contributed by atoms with Gasteiger partial charge in [0.25, 0.3) is 0 Å². The molecule has 1 N–H and O–H groups in total. The van der Waals surface area contributed by atoms with Crippen LogP contribution in [0.4, 0.5) is 0 Å². The lowest BCUT2D eigenvalue weighted by Gasteiger charge is -2.40. The molecule has 6 rings (SSSR count). The topological polar surface area (TPSA) is 75.4 Å². The third-order valence-electron chi connectivity index (χ3n) is 8.27.